The molecule has 0 spiro atoms. The van der Waals surface area contributed by atoms with Gasteiger partial charge in [0, 0.05) is 17.3 Å². The van der Waals surface area contributed by atoms with Crippen molar-refractivity contribution in [3.8, 4) is 11.5 Å². The van der Waals surface area contributed by atoms with Crippen molar-refractivity contribution in [3.63, 3.8) is 0 Å². The van der Waals surface area contributed by atoms with E-state index in [9.17, 15) is 4.79 Å². The second-order valence-electron chi connectivity index (χ2n) is 6.48. The fraction of sp³-hybridized carbons (Fsp3) is 0.381. The molecule has 0 aliphatic carbocycles. The zero-order chi connectivity index (χ0) is 19.4. The third-order valence-corrected chi connectivity index (χ3v) is 7.01. The molecule has 2 aromatic rings. The summed E-state index contributed by atoms with van der Waals surface area (Å²) < 4.78 is 10.2. The first kappa shape index (κ1) is 20.1. The van der Waals surface area contributed by atoms with Crippen molar-refractivity contribution >= 4 is 39.3 Å². The highest BCUT2D eigenvalue weighted by atomic mass is 79.9. The van der Waals surface area contributed by atoms with Crippen LogP contribution in [-0.4, -0.2) is 32.5 Å². The summed E-state index contributed by atoms with van der Waals surface area (Å²) in [6.07, 6.45) is 2.73. The lowest BCUT2D eigenvalue weighted by molar-refractivity contribution is -0.121. The number of carbonyl (C=O) groups excluding carboxylic acids is 1. The van der Waals surface area contributed by atoms with Gasteiger partial charge in [-0.15, -0.1) is 11.8 Å². The minimum absolute atomic E-state index is 0.105. The van der Waals surface area contributed by atoms with E-state index in [1.165, 1.54) is 0 Å². The van der Waals surface area contributed by atoms with Gasteiger partial charge in [-0.2, -0.15) is 0 Å². The molecule has 1 atom stereocenters. The Morgan fingerprint density at radius 1 is 1.07 bits per heavy atom. The van der Waals surface area contributed by atoms with Gasteiger partial charge in [0.05, 0.1) is 19.9 Å². The molecule has 3 rings (SSSR count). The van der Waals surface area contributed by atoms with Crippen molar-refractivity contribution in [2.75, 3.05) is 31.5 Å². The van der Waals surface area contributed by atoms with Gasteiger partial charge in [0.25, 0.3) is 0 Å². The van der Waals surface area contributed by atoms with Gasteiger partial charge in [0.2, 0.25) is 5.91 Å². The van der Waals surface area contributed by atoms with Gasteiger partial charge in [-0.1, -0.05) is 40.5 Å². The molecule has 6 heteroatoms. The maximum atomic E-state index is 13.6. The van der Waals surface area contributed by atoms with Gasteiger partial charge in [-0.3, -0.25) is 4.79 Å². The summed E-state index contributed by atoms with van der Waals surface area (Å²) in [4.78, 5) is 16.5. The number of methoxy groups -OCH3 is 2. The molecule has 144 valence electrons. The highest BCUT2D eigenvalue weighted by Gasteiger charge is 2.47. The Morgan fingerprint density at radius 3 is 2.52 bits per heavy atom. The van der Waals surface area contributed by atoms with Gasteiger partial charge in [-0.05, 0) is 42.7 Å². The Morgan fingerprint density at radius 2 is 1.81 bits per heavy atom. The molecule has 4 nitrogen and oxygen atoms in total. The molecule has 1 heterocycles. The van der Waals surface area contributed by atoms with Crippen molar-refractivity contribution in [3.05, 3.63) is 48.0 Å². The average molecular weight is 450 g/mol. The van der Waals surface area contributed by atoms with E-state index in [1.807, 2.05) is 43.4 Å². The van der Waals surface area contributed by atoms with Crippen molar-refractivity contribution in [2.45, 2.75) is 28.9 Å². The number of nitrogens with zero attached hydrogens (tertiary/aromatic N) is 1. The summed E-state index contributed by atoms with van der Waals surface area (Å²) in [5, 5.41) is 0.931. The van der Waals surface area contributed by atoms with E-state index in [-0.39, 0.29) is 5.91 Å². The van der Waals surface area contributed by atoms with Crippen LogP contribution in [0.5, 0.6) is 11.5 Å². The van der Waals surface area contributed by atoms with E-state index < -0.39 is 4.75 Å². The third-order valence-electron chi connectivity index (χ3n) is 4.92. The molecule has 0 N–H and O–H groups in total. The number of hydrogen-bond donors (Lipinski definition) is 0. The van der Waals surface area contributed by atoms with Crippen LogP contribution < -0.4 is 14.4 Å². The summed E-state index contributed by atoms with van der Waals surface area (Å²) >= 11 is 5.15. The van der Waals surface area contributed by atoms with E-state index in [2.05, 4.69) is 22.0 Å². The molecule has 2 aromatic carbocycles. The summed E-state index contributed by atoms with van der Waals surface area (Å²) in [6, 6.07) is 13.9. The third kappa shape index (κ3) is 3.69. The predicted molar refractivity (Wildman–Crippen MR) is 115 cm³/mol. The number of hydrogen-bond acceptors (Lipinski definition) is 4. The largest absolute Gasteiger partial charge is 0.493 e. The van der Waals surface area contributed by atoms with E-state index in [1.54, 1.807) is 30.9 Å². The molecule has 0 saturated heterocycles. The van der Waals surface area contributed by atoms with Crippen LogP contribution in [0.3, 0.4) is 0 Å². The molecule has 1 amide bonds. The molecule has 1 aliphatic heterocycles. The first-order valence-corrected chi connectivity index (χ1v) is 10.9. The Balaban J connectivity index is 2.12. The predicted octanol–water partition coefficient (Wildman–Crippen LogP) is 5.23. The molecule has 27 heavy (non-hydrogen) atoms. The van der Waals surface area contributed by atoms with Crippen LogP contribution in [0, 0.1) is 0 Å². The molecule has 0 saturated carbocycles. The monoisotopic (exact) mass is 449 g/mol. The number of thioether (sulfide) groups is 1. The van der Waals surface area contributed by atoms with Crippen LogP contribution in [0.25, 0.3) is 0 Å². The fourth-order valence-corrected chi connectivity index (χ4v) is 5.42. The Kier molecular flexibility index (Phi) is 6.37. The second kappa shape index (κ2) is 8.57. The number of rotatable bonds is 7. The first-order chi connectivity index (χ1) is 13.1. The normalized spacial score (nSPS) is 19.0. The molecule has 0 fully saturated rings. The number of benzene rings is 2. The lowest BCUT2D eigenvalue weighted by Crippen LogP contribution is -2.46. The van der Waals surface area contributed by atoms with Gasteiger partial charge >= 0.3 is 0 Å². The Bertz CT molecular complexity index is 829. The van der Waals surface area contributed by atoms with Crippen molar-refractivity contribution in [1.29, 1.82) is 0 Å². The molecular formula is C21H24BrNO3S. The van der Waals surface area contributed by atoms with Crippen LogP contribution in [0.4, 0.5) is 5.69 Å². The lowest BCUT2D eigenvalue weighted by atomic mass is 9.90. The minimum atomic E-state index is -0.676. The number of carbonyl (C=O) groups is 1. The highest BCUT2D eigenvalue weighted by Crippen LogP contribution is 2.53. The lowest BCUT2D eigenvalue weighted by Gasteiger charge is -2.41. The van der Waals surface area contributed by atoms with E-state index in [4.69, 9.17) is 9.47 Å². The SMILES string of the molecule is COc1ccc(C2(CCCCBr)Sc3ccccc3N(C)C2=O)cc1OC. The van der Waals surface area contributed by atoms with Crippen LogP contribution in [0.15, 0.2) is 47.4 Å². The van der Waals surface area contributed by atoms with Crippen molar-refractivity contribution in [1.82, 2.24) is 0 Å². The number of likely N-dealkylation sites (N-methyl/N-ethyl adjacent to an activating group) is 1. The van der Waals surface area contributed by atoms with E-state index >= 15 is 0 Å². The van der Waals surface area contributed by atoms with Crippen LogP contribution in [-0.2, 0) is 9.54 Å². The van der Waals surface area contributed by atoms with Gasteiger partial charge in [0.1, 0.15) is 4.75 Å². The molecule has 0 bridgehead atoms. The number of para-hydroxylation sites is 1. The summed E-state index contributed by atoms with van der Waals surface area (Å²) in [5.74, 6) is 1.41. The topological polar surface area (TPSA) is 38.8 Å². The maximum Gasteiger partial charge on any atom is 0.247 e. The second-order valence-corrected chi connectivity index (χ2v) is 8.61. The van der Waals surface area contributed by atoms with Crippen LogP contribution in [0.1, 0.15) is 24.8 Å². The molecular weight excluding hydrogens is 426 g/mol. The zero-order valence-electron chi connectivity index (χ0n) is 15.8. The summed E-state index contributed by atoms with van der Waals surface area (Å²) in [5.41, 5.74) is 1.91. The standard InChI is InChI=1S/C21H24BrNO3S/c1-23-16-8-4-5-9-19(16)27-21(20(23)24,12-6-7-13-22)15-10-11-17(25-2)18(14-15)26-3/h4-5,8-11,14H,6-7,12-13H2,1-3H3. The number of unbranched alkanes of at least 4 members (excludes halogenated alkanes) is 1. The molecule has 1 unspecified atom stereocenters. The van der Waals surface area contributed by atoms with Gasteiger partial charge in [0.15, 0.2) is 11.5 Å². The first-order valence-electron chi connectivity index (χ1n) is 8.92. The molecule has 0 radical (unpaired) electrons. The quantitative estimate of drug-likeness (QED) is 0.428. The number of alkyl halides is 1. The maximum absolute atomic E-state index is 13.6. The number of fused-ring (bicyclic) bond motifs is 1. The highest BCUT2D eigenvalue weighted by molar-refractivity contribution is 9.09. The summed E-state index contributed by atoms with van der Waals surface area (Å²) in [6.45, 7) is 0. The van der Waals surface area contributed by atoms with Crippen LogP contribution >= 0.6 is 27.7 Å². The number of amides is 1. The Hall–Kier alpha value is -1.66. The summed E-state index contributed by atoms with van der Waals surface area (Å²) in [7, 11) is 5.10. The van der Waals surface area contributed by atoms with Crippen molar-refractivity contribution < 1.29 is 14.3 Å². The zero-order valence-corrected chi connectivity index (χ0v) is 18.2. The van der Waals surface area contributed by atoms with Crippen LogP contribution in [0.2, 0.25) is 0 Å². The Labute approximate surface area is 173 Å². The van der Waals surface area contributed by atoms with Gasteiger partial charge in [-0.25, -0.2) is 0 Å². The molecule has 0 aromatic heterocycles. The number of ether oxygens (including phenoxy) is 2. The van der Waals surface area contributed by atoms with E-state index in [0.717, 1.165) is 40.7 Å². The minimum Gasteiger partial charge on any atom is -0.493 e. The van der Waals surface area contributed by atoms with Crippen molar-refractivity contribution in [2.24, 2.45) is 0 Å². The average Bonchev–Trinajstić information content (AvgIpc) is 2.71. The molecule has 1 aliphatic rings. The number of halogens is 1. The smallest absolute Gasteiger partial charge is 0.247 e. The van der Waals surface area contributed by atoms with Gasteiger partial charge < -0.3 is 14.4 Å². The number of anilines is 1. The fourth-order valence-electron chi connectivity index (χ4n) is 3.47. The van der Waals surface area contributed by atoms with E-state index in [0.29, 0.717) is 11.5 Å².